The summed E-state index contributed by atoms with van der Waals surface area (Å²) >= 11 is 0. The van der Waals surface area contributed by atoms with Gasteiger partial charge in [0, 0.05) is 44.8 Å². The van der Waals surface area contributed by atoms with Crippen LogP contribution in [0.1, 0.15) is 18.4 Å². The average molecular weight is 268 g/mol. The van der Waals surface area contributed by atoms with E-state index >= 15 is 0 Å². The number of benzene rings is 1. The van der Waals surface area contributed by atoms with Crippen LogP contribution >= 0.6 is 0 Å². The van der Waals surface area contributed by atoms with Gasteiger partial charge in [0.15, 0.2) is 0 Å². The number of hydrogen-bond acceptors (Lipinski definition) is 4. The Kier molecular flexibility index (Phi) is 4.39. The van der Waals surface area contributed by atoms with Crippen molar-refractivity contribution in [3.63, 3.8) is 0 Å². The summed E-state index contributed by atoms with van der Waals surface area (Å²) in [5.74, 6) is -0.327. The number of rotatable bonds is 4. The monoisotopic (exact) mass is 268 g/mol. The van der Waals surface area contributed by atoms with Crippen LogP contribution in [0.15, 0.2) is 18.2 Å². The van der Waals surface area contributed by atoms with Gasteiger partial charge in [-0.05, 0) is 24.7 Å². The second kappa shape index (κ2) is 5.86. The number of ether oxygens (including phenoxy) is 1. The van der Waals surface area contributed by atoms with Crippen molar-refractivity contribution in [3.8, 4) is 0 Å². The van der Waals surface area contributed by atoms with Crippen LogP contribution in [0.2, 0.25) is 0 Å². The predicted octanol–water partition coefficient (Wildman–Crippen LogP) is 1.38. The molecule has 0 atom stereocenters. The lowest BCUT2D eigenvalue weighted by Crippen LogP contribution is -2.45. The summed E-state index contributed by atoms with van der Waals surface area (Å²) in [5.41, 5.74) is 6.42. The van der Waals surface area contributed by atoms with E-state index in [1.807, 2.05) is 11.9 Å². The van der Waals surface area contributed by atoms with Gasteiger partial charge in [-0.3, -0.25) is 4.90 Å². The molecule has 0 saturated carbocycles. The molecular weight excluding hydrogens is 247 g/mol. The zero-order valence-electron chi connectivity index (χ0n) is 11.2. The van der Waals surface area contributed by atoms with Crippen LogP contribution in [0, 0.1) is 5.82 Å². The van der Waals surface area contributed by atoms with E-state index in [2.05, 4.69) is 0 Å². The Morgan fingerprint density at radius 3 is 2.74 bits per heavy atom. The van der Waals surface area contributed by atoms with Crippen LogP contribution in [0.25, 0.3) is 0 Å². The van der Waals surface area contributed by atoms with E-state index in [9.17, 15) is 9.50 Å². The number of hydrogen-bond donors (Lipinski definition) is 2. The fourth-order valence-corrected chi connectivity index (χ4v) is 2.47. The van der Waals surface area contributed by atoms with E-state index < -0.39 is 5.60 Å². The normalized spacial score (nSPS) is 18.7. The standard InChI is InChI=1S/C14H21FN2O2/c1-17(10-14(18)4-6-19-7-5-14)9-11-2-3-12(15)8-13(11)16/h2-3,8,18H,4-7,9-10,16H2,1H3. The van der Waals surface area contributed by atoms with Crippen molar-refractivity contribution in [1.29, 1.82) is 0 Å². The van der Waals surface area contributed by atoms with Crippen LogP contribution in [0.4, 0.5) is 10.1 Å². The molecule has 1 fully saturated rings. The molecule has 0 amide bonds. The molecule has 0 spiro atoms. The zero-order valence-corrected chi connectivity index (χ0v) is 11.2. The van der Waals surface area contributed by atoms with E-state index in [0.717, 1.165) is 5.56 Å². The molecule has 1 aliphatic heterocycles. The van der Waals surface area contributed by atoms with Gasteiger partial charge in [0.05, 0.1) is 5.60 Å². The molecule has 0 bridgehead atoms. The van der Waals surface area contributed by atoms with Crippen molar-refractivity contribution in [1.82, 2.24) is 4.90 Å². The van der Waals surface area contributed by atoms with Crippen LogP contribution in [-0.4, -0.2) is 42.4 Å². The Balaban J connectivity index is 1.95. The fourth-order valence-electron chi connectivity index (χ4n) is 2.47. The number of nitrogens with two attached hydrogens (primary N) is 1. The number of aliphatic hydroxyl groups is 1. The average Bonchev–Trinajstić information content (AvgIpc) is 2.33. The fraction of sp³-hybridized carbons (Fsp3) is 0.571. The molecule has 2 rings (SSSR count). The maximum Gasteiger partial charge on any atom is 0.125 e. The van der Waals surface area contributed by atoms with Gasteiger partial charge in [0.25, 0.3) is 0 Å². The molecule has 5 heteroatoms. The Morgan fingerprint density at radius 2 is 2.11 bits per heavy atom. The zero-order chi connectivity index (χ0) is 13.9. The number of nitrogen functional groups attached to an aromatic ring is 1. The topological polar surface area (TPSA) is 58.7 Å². The number of nitrogens with zero attached hydrogens (tertiary/aromatic N) is 1. The highest BCUT2D eigenvalue weighted by atomic mass is 19.1. The van der Waals surface area contributed by atoms with Crippen molar-refractivity contribution in [2.24, 2.45) is 0 Å². The third-order valence-electron chi connectivity index (χ3n) is 3.54. The Hall–Kier alpha value is -1.17. The molecule has 3 N–H and O–H groups in total. The highest BCUT2D eigenvalue weighted by Crippen LogP contribution is 2.23. The van der Waals surface area contributed by atoms with Gasteiger partial charge in [0.1, 0.15) is 5.82 Å². The van der Waals surface area contributed by atoms with E-state index in [0.29, 0.717) is 44.8 Å². The van der Waals surface area contributed by atoms with Crippen molar-refractivity contribution in [2.45, 2.75) is 25.0 Å². The summed E-state index contributed by atoms with van der Waals surface area (Å²) in [4.78, 5) is 2.01. The van der Waals surface area contributed by atoms with Gasteiger partial charge in [0.2, 0.25) is 0 Å². The summed E-state index contributed by atoms with van der Waals surface area (Å²) in [6.45, 7) is 2.36. The smallest absolute Gasteiger partial charge is 0.125 e. The Morgan fingerprint density at radius 1 is 1.42 bits per heavy atom. The predicted molar refractivity (Wildman–Crippen MR) is 72.1 cm³/mol. The quantitative estimate of drug-likeness (QED) is 0.810. The molecule has 1 heterocycles. The SMILES string of the molecule is CN(Cc1ccc(F)cc1N)CC1(O)CCOCC1. The Labute approximate surface area is 113 Å². The van der Waals surface area contributed by atoms with Gasteiger partial charge in [-0.25, -0.2) is 4.39 Å². The summed E-state index contributed by atoms with van der Waals surface area (Å²) in [6.07, 6.45) is 1.30. The van der Waals surface area contributed by atoms with E-state index in [4.69, 9.17) is 10.5 Å². The molecule has 19 heavy (non-hydrogen) atoms. The first-order valence-corrected chi connectivity index (χ1v) is 6.51. The minimum atomic E-state index is -0.693. The molecule has 1 aromatic rings. The Bertz CT molecular complexity index is 433. The first-order valence-electron chi connectivity index (χ1n) is 6.51. The lowest BCUT2D eigenvalue weighted by Gasteiger charge is -2.35. The summed E-state index contributed by atoms with van der Waals surface area (Å²) in [7, 11) is 1.93. The van der Waals surface area contributed by atoms with Gasteiger partial charge < -0.3 is 15.6 Å². The highest BCUT2D eigenvalue weighted by Gasteiger charge is 2.30. The van der Waals surface area contributed by atoms with Gasteiger partial charge in [-0.1, -0.05) is 6.07 Å². The molecule has 106 valence electrons. The van der Waals surface area contributed by atoms with Gasteiger partial charge in [-0.15, -0.1) is 0 Å². The largest absolute Gasteiger partial charge is 0.398 e. The minimum Gasteiger partial charge on any atom is -0.398 e. The second-order valence-corrected chi connectivity index (χ2v) is 5.35. The third-order valence-corrected chi connectivity index (χ3v) is 3.54. The van der Waals surface area contributed by atoms with E-state index in [-0.39, 0.29) is 5.82 Å². The van der Waals surface area contributed by atoms with Gasteiger partial charge in [-0.2, -0.15) is 0 Å². The molecule has 4 nitrogen and oxygen atoms in total. The molecule has 0 radical (unpaired) electrons. The number of likely N-dealkylation sites (N-methyl/N-ethyl adjacent to an activating group) is 1. The molecule has 1 saturated heterocycles. The van der Waals surface area contributed by atoms with Crippen molar-refractivity contribution < 1.29 is 14.2 Å². The first-order chi connectivity index (χ1) is 8.98. The number of anilines is 1. The highest BCUT2D eigenvalue weighted by molar-refractivity contribution is 5.46. The number of halogens is 1. The first kappa shape index (κ1) is 14.2. The van der Waals surface area contributed by atoms with Crippen LogP contribution in [0.5, 0.6) is 0 Å². The van der Waals surface area contributed by atoms with Crippen LogP contribution in [-0.2, 0) is 11.3 Å². The molecular formula is C14H21FN2O2. The molecule has 0 unspecified atom stereocenters. The minimum absolute atomic E-state index is 0.327. The lowest BCUT2D eigenvalue weighted by atomic mass is 9.94. The summed E-state index contributed by atoms with van der Waals surface area (Å²) in [6, 6.07) is 4.42. The van der Waals surface area contributed by atoms with Gasteiger partial charge >= 0.3 is 0 Å². The second-order valence-electron chi connectivity index (χ2n) is 5.35. The molecule has 0 aliphatic carbocycles. The van der Waals surface area contributed by atoms with Crippen molar-refractivity contribution >= 4 is 5.69 Å². The molecule has 0 aromatic heterocycles. The lowest BCUT2D eigenvalue weighted by molar-refractivity contribution is -0.0777. The summed E-state index contributed by atoms with van der Waals surface area (Å²) < 4.78 is 18.2. The van der Waals surface area contributed by atoms with Crippen molar-refractivity contribution in [3.05, 3.63) is 29.6 Å². The van der Waals surface area contributed by atoms with E-state index in [1.54, 1.807) is 6.07 Å². The van der Waals surface area contributed by atoms with Crippen LogP contribution < -0.4 is 5.73 Å². The molecule has 1 aromatic carbocycles. The molecule has 1 aliphatic rings. The maximum atomic E-state index is 13.0. The van der Waals surface area contributed by atoms with Crippen molar-refractivity contribution in [2.75, 3.05) is 32.5 Å². The maximum absolute atomic E-state index is 13.0. The summed E-state index contributed by atoms with van der Waals surface area (Å²) in [5, 5.41) is 10.4. The van der Waals surface area contributed by atoms with Crippen LogP contribution in [0.3, 0.4) is 0 Å². The van der Waals surface area contributed by atoms with E-state index in [1.165, 1.54) is 12.1 Å². The third kappa shape index (κ3) is 3.89.